The van der Waals surface area contributed by atoms with Crippen molar-refractivity contribution in [1.29, 1.82) is 0 Å². The molecule has 0 aromatic rings. The SMILES string of the molecule is O=C[C@H](O[PH](=O)O)[C@@H](O[PH](=O)O)C(=O)O. The second-order valence-corrected chi connectivity index (χ2v) is 3.66. The van der Waals surface area contributed by atoms with Crippen LogP contribution in [0.15, 0.2) is 0 Å². The van der Waals surface area contributed by atoms with E-state index >= 15 is 0 Å². The molecule has 0 fully saturated rings. The Labute approximate surface area is 84.5 Å². The Morgan fingerprint density at radius 2 is 1.67 bits per heavy atom. The number of rotatable bonds is 7. The molecule has 88 valence electrons. The molecule has 15 heavy (non-hydrogen) atoms. The minimum Gasteiger partial charge on any atom is -0.479 e. The number of hydrogen-bond donors (Lipinski definition) is 3. The molecule has 0 radical (unpaired) electrons. The van der Waals surface area contributed by atoms with Crippen LogP contribution in [0.4, 0.5) is 0 Å². The maximum absolute atomic E-state index is 10.4. The van der Waals surface area contributed by atoms with E-state index in [1.165, 1.54) is 0 Å². The highest BCUT2D eigenvalue weighted by Gasteiger charge is 2.32. The van der Waals surface area contributed by atoms with E-state index in [0.717, 1.165) is 0 Å². The molecule has 0 aliphatic rings. The van der Waals surface area contributed by atoms with Crippen LogP contribution < -0.4 is 0 Å². The maximum atomic E-state index is 10.4. The average Bonchev–Trinajstić information content (AvgIpc) is 2.09. The number of carboxylic acids is 1. The fourth-order valence-electron chi connectivity index (χ4n) is 0.644. The van der Waals surface area contributed by atoms with Crippen LogP contribution in [0.1, 0.15) is 0 Å². The average molecular weight is 262 g/mol. The third-order valence-electron chi connectivity index (χ3n) is 1.14. The van der Waals surface area contributed by atoms with Gasteiger partial charge in [0.05, 0.1) is 0 Å². The second kappa shape index (κ2) is 6.84. The van der Waals surface area contributed by atoms with Gasteiger partial charge in [-0.15, -0.1) is 0 Å². The van der Waals surface area contributed by atoms with Crippen LogP contribution in [0.25, 0.3) is 0 Å². The van der Waals surface area contributed by atoms with E-state index in [2.05, 4.69) is 9.05 Å². The van der Waals surface area contributed by atoms with E-state index in [1.54, 1.807) is 0 Å². The summed E-state index contributed by atoms with van der Waals surface area (Å²) in [6.07, 6.45) is -4.12. The van der Waals surface area contributed by atoms with Gasteiger partial charge in [0.2, 0.25) is 0 Å². The molecule has 4 atom stereocenters. The molecule has 0 spiro atoms. The first-order valence-electron chi connectivity index (χ1n) is 3.35. The van der Waals surface area contributed by atoms with Crippen molar-refractivity contribution in [2.45, 2.75) is 12.2 Å². The van der Waals surface area contributed by atoms with Crippen molar-refractivity contribution in [2.75, 3.05) is 0 Å². The zero-order chi connectivity index (χ0) is 12.0. The summed E-state index contributed by atoms with van der Waals surface area (Å²) < 4.78 is 28.4. The number of aldehydes is 1. The van der Waals surface area contributed by atoms with Gasteiger partial charge in [0, 0.05) is 0 Å². The van der Waals surface area contributed by atoms with Crippen molar-refractivity contribution in [3.63, 3.8) is 0 Å². The fraction of sp³-hybridized carbons (Fsp3) is 0.500. The minimum atomic E-state index is -3.61. The van der Waals surface area contributed by atoms with Crippen LogP contribution in [0, 0.1) is 0 Å². The molecule has 0 saturated heterocycles. The lowest BCUT2D eigenvalue weighted by Crippen LogP contribution is -2.36. The first-order chi connectivity index (χ1) is 6.88. The third kappa shape index (κ3) is 5.78. The molecule has 0 aromatic carbocycles. The Kier molecular flexibility index (Phi) is 6.58. The first-order valence-corrected chi connectivity index (χ1v) is 5.88. The highest BCUT2D eigenvalue weighted by Crippen LogP contribution is 2.25. The summed E-state index contributed by atoms with van der Waals surface area (Å²) in [5.41, 5.74) is 0. The first kappa shape index (κ1) is 14.4. The van der Waals surface area contributed by atoms with Crippen molar-refractivity contribution < 1.29 is 42.7 Å². The Morgan fingerprint density at radius 1 is 1.20 bits per heavy atom. The summed E-state index contributed by atoms with van der Waals surface area (Å²) in [5, 5.41) is 8.47. The number of carboxylic acid groups (broad SMARTS) is 1. The fourth-order valence-corrected chi connectivity index (χ4v) is 1.51. The molecule has 0 amide bonds. The Balaban J connectivity index is 4.69. The molecule has 11 heteroatoms. The van der Waals surface area contributed by atoms with Crippen LogP contribution in [-0.2, 0) is 27.8 Å². The third-order valence-corrected chi connectivity index (χ3v) is 2.07. The van der Waals surface area contributed by atoms with Crippen molar-refractivity contribution in [3.05, 3.63) is 0 Å². The van der Waals surface area contributed by atoms with Gasteiger partial charge in [0.15, 0.2) is 18.5 Å². The topological polar surface area (TPSA) is 147 Å². The molecular weight excluding hydrogens is 254 g/mol. The van der Waals surface area contributed by atoms with Crippen molar-refractivity contribution in [1.82, 2.24) is 0 Å². The van der Waals surface area contributed by atoms with E-state index < -0.39 is 34.7 Å². The number of aliphatic carboxylic acids is 1. The van der Waals surface area contributed by atoms with Gasteiger partial charge in [-0.2, -0.15) is 0 Å². The zero-order valence-electron chi connectivity index (χ0n) is 7.02. The molecule has 0 aliphatic carbocycles. The second-order valence-electron chi connectivity index (χ2n) is 2.13. The van der Waals surface area contributed by atoms with E-state index in [4.69, 9.17) is 14.9 Å². The summed E-state index contributed by atoms with van der Waals surface area (Å²) in [6, 6.07) is 0. The molecule has 0 aromatic heterocycles. The van der Waals surface area contributed by atoms with Crippen molar-refractivity contribution in [3.8, 4) is 0 Å². The Hall–Kier alpha value is -0.560. The van der Waals surface area contributed by atoms with Gasteiger partial charge in [0.25, 0.3) is 0 Å². The monoisotopic (exact) mass is 262 g/mol. The van der Waals surface area contributed by atoms with Gasteiger partial charge >= 0.3 is 22.5 Å². The normalized spacial score (nSPS) is 18.8. The molecule has 2 unspecified atom stereocenters. The summed E-state index contributed by atoms with van der Waals surface area (Å²) >= 11 is 0. The van der Waals surface area contributed by atoms with Crippen LogP contribution in [0.5, 0.6) is 0 Å². The van der Waals surface area contributed by atoms with E-state index in [0.29, 0.717) is 0 Å². The van der Waals surface area contributed by atoms with E-state index in [9.17, 15) is 18.7 Å². The van der Waals surface area contributed by atoms with Crippen LogP contribution >= 0.6 is 16.5 Å². The lowest BCUT2D eigenvalue weighted by molar-refractivity contribution is -0.151. The molecule has 3 N–H and O–H groups in total. The number of hydrogen-bond acceptors (Lipinski definition) is 6. The minimum absolute atomic E-state index is 0.109. The molecule has 0 saturated carbocycles. The van der Waals surface area contributed by atoms with Crippen LogP contribution in [-0.4, -0.2) is 39.4 Å². The lowest BCUT2D eigenvalue weighted by Gasteiger charge is -2.16. The van der Waals surface area contributed by atoms with Gasteiger partial charge in [-0.1, -0.05) is 0 Å². The Bertz CT molecular complexity index is 288. The van der Waals surface area contributed by atoms with Crippen molar-refractivity contribution >= 4 is 28.8 Å². The highest BCUT2D eigenvalue weighted by atomic mass is 31.1. The van der Waals surface area contributed by atoms with Gasteiger partial charge < -0.3 is 19.7 Å². The standard InChI is InChI=1S/C4H8O9P2/c5-1-2(12-14(8)9)3(4(6)7)13-15(10)11/h1-3,14-15H,(H,6,7)(H,8,9)(H,10,11)/t2-,3+/m0/s1. The van der Waals surface area contributed by atoms with Gasteiger partial charge in [0.1, 0.15) is 0 Å². The summed E-state index contributed by atoms with van der Waals surface area (Å²) in [6.45, 7) is 0. The largest absolute Gasteiger partial charge is 0.479 e. The van der Waals surface area contributed by atoms with Crippen molar-refractivity contribution in [2.24, 2.45) is 0 Å². The predicted octanol–water partition coefficient (Wildman–Crippen LogP) is -1.20. The molecular formula is C4H8O9P2. The van der Waals surface area contributed by atoms with Gasteiger partial charge in [-0.25, -0.2) is 4.79 Å². The van der Waals surface area contributed by atoms with Crippen LogP contribution in [0.2, 0.25) is 0 Å². The summed E-state index contributed by atoms with van der Waals surface area (Å²) in [4.78, 5) is 37.4. The molecule has 0 rings (SSSR count). The van der Waals surface area contributed by atoms with E-state index in [-0.39, 0.29) is 6.29 Å². The summed E-state index contributed by atoms with van der Waals surface area (Å²) in [5.74, 6) is -1.76. The van der Waals surface area contributed by atoms with Gasteiger partial charge in [-0.3, -0.25) is 18.2 Å². The van der Waals surface area contributed by atoms with E-state index in [1.807, 2.05) is 0 Å². The molecule has 9 nitrogen and oxygen atoms in total. The number of carbonyl (C=O) groups is 2. The zero-order valence-corrected chi connectivity index (χ0v) is 9.02. The smallest absolute Gasteiger partial charge is 0.336 e. The highest BCUT2D eigenvalue weighted by molar-refractivity contribution is 7.32. The molecule has 0 heterocycles. The maximum Gasteiger partial charge on any atom is 0.336 e. The van der Waals surface area contributed by atoms with Crippen LogP contribution in [0.3, 0.4) is 0 Å². The number of carbonyl (C=O) groups excluding carboxylic acids is 1. The summed E-state index contributed by atoms with van der Waals surface area (Å²) in [7, 11) is -7.16. The quantitative estimate of drug-likeness (QED) is 0.380. The lowest BCUT2D eigenvalue weighted by atomic mass is 10.2. The predicted molar refractivity (Wildman–Crippen MR) is 45.9 cm³/mol. The molecule has 0 aliphatic heterocycles. The molecule has 0 bridgehead atoms. The van der Waals surface area contributed by atoms with Gasteiger partial charge in [-0.05, 0) is 0 Å². The Morgan fingerprint density at radius 3 is 1.93 bits per heavy atom.